The van der Waals surface area contributed by atoms with Crippen LogP contribution in [0, 0.1) is 0 Å². The molecule has 2 aromatic heterocycles. The SMILES string of the molecule is O=C(Cc1ccccc1Cl)Nc1onc(-c2c(Cl)cccc2Cl)c1-c1ccncc1. The van der Waals surface area contributed by atoms with Gasteiger partial charge < -0.3 is 4.52 Å². The van der Waals surface area contributed by atoms with Gasteiger partial charge in [-0.1, -0.05) is 64.2 Å². The van der Waals surface area contributed by atoms with Gasteiger partial charge in [-0.05, 0) is 41.5 Å². The van der Waals surface area contributed by atoms with Crippen LogP contribution >= 0.6 is 34.8 Å². The Bertz CT molecular complexity index is 1190. The van der Waals surface area contributed by atoms with Gasteiger partial charge in [-0.15, -0.1) is 0 Å². The van der Waals surface area contributed by atoms with Gasteiger partial charge in [0.05, 0.1) is 22.0 Å². The van der Waals surface area contributed by atoms with E-state index in [1.54, 1.807) is 60.9 Å². The molecule has 0 spiro atoms. The molecule has 0 aliphatic carbocycles. The van der Waals surface area contributed by atoms with Crippen molar-refractivity contribution in [2.45, 2.75) is 6.42 Å². The number of amides is 1. The molecule has 0 aliphatic heterocycles. The summed E-state index contributed by atoms with van der Waals surface area (Å²) in [6.45, 7) is 0. The first-order chi connectivity index (χ1) is 14.5. The van der Waals surface area contributed by atoms with Crippen LogP contribution in [0.25, 0.3) is 22.4 Å². The number of aromatic nitrogens is 2. The summed E-state index contributed by atoms with van der Waals surface area (Å²) in [5.41, 5.74) is 2.94. The number of halogens is 3. The van der Waals surface area contributed by atoms with Gasteiger partial charge in [0.1, 0.15) is 5.69 Å². The summed E-state index contributed by atoms with van der Waals surface area (Å²) in [7, 11) is 0. The van der Waals surface area contributed by atoms with E-state index in [0.29, 0.717) is 37.5 Å². The van der Waals surface area contributed by atoms with Crippen molar-refractivity contribution in [3.05, 3.63) is 87.6 Å². The van der Waals surface area contributed by atoms with Gasteiger partial charge in [0.2, 0.25) is 11.8 Å². The summed E-state index contributed by atoms with van der Waals surface area (Å²) in [6, 6.07) is 15.9. The molecule has 8 heteroatoms. The number of pyridine rings is 1. The van der Waals surface area contributed by atoms with Crippen LogP contribution in [0.5, 0.6) is 0 Å². The van der Waals surface area contributed by atoms with Gasteiger partial charge in [-0.2, -0.15) is 0 Å². The molecule has 1 N–H and O–H groups in total. The molecular formula is C22H14Cl3N3O2. The Morgan fingerprint density at radius 2 is 1.53 bits per heavy atom. The van der Waals surface area contributed by atoms with Crippen molar-refractivity contribution in [2.24, 2.45) is 0 Å². The van der Waals surface area contributed by atoms with Gasteiger partial charge in [-0.25, -0.2) is 0 Å². The van der Waals surface area contributed by atoms with Crippen LogP contribution in [0.3, 0.4) is 0 Å². The summed E-state index contributed by atoms with van der Waals surface area (Å²) >= 11 is 18.9. The average molecular weight is 459 g/mol. The lowest BCUT2D eigenvalue weighted by molar-refractivity contribution is -0.115. The predicted octanol–water partition coefficient (Wildman–Crippen LogP) is 6.55. The summed E-state index contributed by atoms with van der Waals surface area (Å²) in [6.07, 6.45) is 3.35. The Labute approximate surface area is 187 Å². The molecule has 5 nitrogen and oxygen atoms in total. The van der Waals surface area contributed by atoms with E-state index >= 15 is 0 Å². The summed E-state index contributed by atoms with van der Waals surface area (Å²) < 4.78 is 5.50. The third-order valence-electron chi connectivity index (χ3n) is 4.42. The summed E-state index contributed by atoms with van der Waals surface area (Å²) in [5, 5.41) is 8.29. The molecule has 30 heavy (non-hydrogen) atoms. The zero-order valence-electron chi connectivity index (χ0n) is 15.4. The lowest BCUT2D eigenvalue weighted by Crippen LogP contribution is -2.14. The minimum absolute atomic E-state index is 0.0817. The van der Waals surface area contributed by atoms with Crippen molar-refractivity contribution < 1.29 is 9.32 Å². The molecule has 2 aromatic carbocycles. The van der Waals surface area contributed by atoms with Gasteiger partial charge in [0.25, 0.3) is 0 Å². The zero-order valence-corrected chi connectivity index (χ0v) is 17.7. The standard InChI is InChI=1S/C22H14Cl3N3O2/c23-15-5-2-1-4-14(15)12-18(29)27-22-19(13-8-10-26-11-9-13)21(28-30-22)20-16(24)6-3-7-17(20)25/h1-11H,12H2,(H,27,29). The smallest absolute Gasteiger partial charge is 0.239 e. The number of nitrogens with zero attached hydrogens (tertiary/aromatic N) is 2. The molecule has 2 heterocycles. The second-order valence-electron chi connectivity index (χ2n) is 6.38. The molecule has 0 bridgehead atoms. The molecule has 4 rings (SSSR count). The Kier molecular flexibility index (Phi) is 6.04. The maximum Gasteiger partial charge on any atom is 0.239 e. The molecule has 0 aliphatic rings. The van der Waals surface area contributed by atoms with Gasteiger partial charge in [0.15, 0.2) is 0 Å². The normalized spacial score (nSPS) is 10.8. The zero-order chi connectivity index (χ0) is 21.1. The molecular weight excluding hydrogens is 445 g/mol. The van der Waals surface area contributed by atoms with Crippen molar-refractivity contribution in [3.63, 3.8) is 0 Å². The minimum atomic E-state index is -0.300. The van der Waals surface area contributed by atoms with Crippen molar-refractivity contribution in [2.75, 3.05) is 5.32 Å². The fourth-order valence-electron chi connectivity index (χ4n) is 3.04. The number of benzene rings is 2. The van der Waals surface area contributed by atoms with Crippen LogP contribution in [0.15, 0.2) is 71.5 Å². The minimum Gasteiger partial charge on any atom is -0.337 e. The first-order valence-electron chi connectivity index (χ1n) is 8.92. The van der Waals surface area contributed by atoms with Crippen LogP contribution in [-0.4, -0.2) is 16.0 Å². The van der Waals surface area contributed by atoms with E-state index in [4.69, 9.17) is 39.3 Å². The summed E-state index contributed by atoms with van der Waals surface area (Å²) in [5.74, 6) is -0.115. The largest absolute Gasteiger partial charge is 0.337 e. The second-order valence-corrected chi connectivity index (χ2v) is 7.61. The van der Waals surface area contributed by atoms with Crippen LogP contribution in [-0.2, 0) is 11.2 Å². The molecule has 0 fully saturated rings. The number of anilines is 1. The van der Waals surface area contributed by atoms with Gasteiger partial charge in [-0.3, -0.25) is 15.1 Å². The highest BCUT2D eigenvalue weighted by Gasteiger charge is 2.24. The van der Waals surface area contributed by atoms with E-state index in [-0.39, 0.29) is 18.2 Å². The highest BCUT2D eigenvalue weighted by atomic mass is 35.5. The molecule has 0 saturated heterocycles. The molecule has 0 radical (unpaired) electrons. The van der Waals surface area contributed by atoms with Gasteiger partial charge >= 0.3 is 0 Å². The number of carbonyl (C=O) groups excluding carboxylic acids is 1. The van der Waals surface area contributed by atoms with E-state index in [1.807, 2.05) is 6.07 Å². The Morgan fingerprint density at radius 3 is 2.23 bits per heavy atom. The Hall–Kier alpha value is -2.86. The molecule has 0 saturated carbocycles. The Morgan fingerprint density at radius 1 is 0.867 bits per heavy atom. The molecule has 0 unspecified atom stereocenters. The lowest BCUT2D eigenvalue weighted by atomic mass is 10.0. The van der Waals surface area contributed by atoms with E-state index in [9.17, 15) is 4.79 Å². The highest BCUT2D eigenvalue weighted by Crippen LogP contribution is 2.43. The lowest BCUT2D eigenvalue weighted by Gasteiger charge is -2.09. The molecule has 4 aromatic rings. The van der Waals surface area contributed by atoms with Crippen LogP contribution in [0.2, 0.25) is 15.1 Å². The fourth-order valence-corrected chi connectivity index (χ4v) is 3.82. The van der Waals surface area contributed by atoms with Crippen LogP contribution < -0.4 is 5.32 Å². The number of hydrogen-bond donors (Lipinski definition) is 1. The van der Waals surface area contributed by atoms with Crippen molar-refractivity contribution in [3.8, 4) is 22.4 Å². The predicted molar refractivity (Wildman–Crippen MR) is 119 cm³/mol. The number of hydrogen-bond acceptors (Lipinski definition) is 4. The maximum atomic E-state index is 12.7. The van der Waals surface area contributed by atoms with E-state index in [1.165, 1.54) is 0 Å². The van der Waals surface area contributed by atoms with Crippen molar-refractivity contribution in [1.29, 1.82) is 0 Å². The third-order valence-corrected chi connectivity index (χ3v) is 5.42. The molecule has 0 atom stereocenters. The highest BCUT2D eigenvalue weighted by molar-refractivity contribution is 6.39. The van der Waals surface area contributed by atoms with Crippen molar-refractivity contribution in [1.82, 2.24) is 10.1 Å². The third kappa shape index (κ3) is 4.19. The number of rotatable bonds is 5. The van der Waals surface area contributed by atoms with E-state index < -0.39 is 0 Å². The summed E-state index contributed by atoms with van der Waals surface area (Å²) in [4.78, 5) is 16.7. The molecule has 150 valence electrons. The quantitative estimate of drug-likeness (QED) is 0.368. The molecule has 1 amide bonds. The van der Waals surface area contributed by atoms with Crippen LogP contribution in [0.1, 0.15) is 5.56 Å². The van der Waals surface area contributed by atoms with E-state index in [0.717, 1.165) is 5.56 Å². The number of nitrogens with one attached hydrogen (secondary N) is 1. The topological polar surface area (TPSA) is 68.0 Å². The van der Waals surface area contributed by atoms with E-state index in [2.05, 4.69) is 15.5 Å². The monoisotopic (exact) mass is 457 g/mol. The number of carbonyl (C=O) groups is 1. The van der Waals surface area contributed by atoms with Crippen molar-refractivity contribution >= 4 is 46.6 Å². The first kappa shape index (κ1) is 20.4. The average Bonchev–Trinajstić information content (AvgIpc) is 3.13. The van der Waals surface area contributed by atoms with Crippen LogP contribution in [0.4, 0.5) is 5.88 Å². The fraction of sp³-hybridized carbons (Fsp3) is 0.0455. The maximum absolute atomic E-state index is 12.7. The van der Waals surface area contributed by atoms with Gasteiger partial charge in [0, 0.05) is 23.0 Å². The second kappa shape index (κ2) is 8.88. The first-order valence-corrected chi connectivity index (χ1v) is 10.1. The Balaban J connectivity index is 1.75.